The molecule has 2 aromatic rings. The third kappa shape index (κ3) is 3.11. The maximum absolute atomic E-state index is 5.83. The van der Waals surface area contributed by atoms with Gasteiger partial charge in [0.25, 0.3) is 0 Å². The molecule has 3 nitrogen and oxygen atoms in total. The Morgan fingerprint density at radius 2 is 2.30 bits per heavy atom. The van der Waals surface area contributed by atoms with E-state index in [0.717, 1.165) is 24.6 Å². The molecule has 1 aliphatic rings. The van der Waals surface area contributed by atoms with Crippen LogP contribution in [-0.2, 0) is 6.54 Å². The fraction of sp³-hybridized carbons (Fsp3) is 0.533. The van der Waals surface area contributed by atoms with Crippen molar-refractivity contribution >= 4 is 22.7 Å². The van der Waals surface area contributed by atoms with Gasteiger partial charge in [0.2, 0.25) is 0 Å². The molecule has 1 saturated heterocycles. The molecule has 3 rings (SSSR count). The zero-order chi connectivity index (χ0) is 13.9. The Kier molecular flexibility index (Phi) is 4.51. The molecule has 108 valence electrons. The van der Waals surface area contributed by atoms with Crippen LogP contribution in [0.1, 0.15) is 25.5 Å². The van der Waals surface area contributed by atoms with E-state index in [0.29, 0.717) is 12.0 Å². The minimum Gasteiger partial charge on any atom is -0.330 e. The lowest BCUT2D eigenvalue weighted by molar-refractivity contribution is 0.112. The summed E-state index contributed by atoms with van der Waals surface area (Å²) in [5.41, 5.74) is 8.28. The van der Waals surface area contributed by atoms with Crippen LogP contribution in [0.15, 0.2) is 22.2 Å². The maximum atomic E-state index is 5.83. The molecule has 0 radical (unpaired) electrons. The molecule has 1 aliphatic heterocycles. The highest BCUT2D eigenvalue weighted by atomic mass is 32.1. The Balaban J connectivity index is 1.68. The first-order chi connectivity index (χ1) is 9.76. The Bertz CT molecular complexity index is 535. The van der Waals surface area contributed by atoms with Crippen molar-refractivity contribution in [3.63, 3.8) is 0 Å². The van der Waals surface area contributed by atoms with Crippen LogP contribution in [0.3, 0.4) is 0 Å². The Labute approximate surface area is 128 Å². The van der Waals surface area contributed by atoms with Crippen molar-refractivity contribution in [1.29, 1.82) is 0 Å². The van der Waals surface area contributed by atoms with Gasteiger partial charge in [0.15, 0.2) is 0 Å². The van der Waals surface area contributed by atoms with Crippen LogP contribution in [0.5, 0.6) is 0 Å². The van der Waals surface area contributed by atoms with Crippen LogP contribution in [0.4, 0.5) is 0 Å². The highest BCUT2D eigenvalue weighted by molar-refractivity contribution is 7.14. The van der Waals surface area contributed by atoms with Gasteiger partial charge in [-0.2, -0.15) is 11.3 Å². The molecular formula is C15H21N3S2. The van der Waals surface area contributed by atoms with E-state index in [9.17, 15) is 0 Å². The lowest BCUT2D eigenvalue weighted by Gasteiger charge is -2.37. The number of likely N-dealkylation sites (tertiary alicyclic amines) is 1. The van der Waals surface area contributed by atoms with Gasteiger partial charge in [-0.05, 0) is 43.7 Å². The Morgan fingerprint density at radius 1 is 1.40 bits per heavy atom. The van der Waals surface area contributed by atoms with Crippen LogP contribution in [-0.4, -0.2) is 29.0 Å². The average molecular weight is 307 g/mol. The minimum absolute atomic E-state index is 0.643. The molecule has 0 amide bonds. The largest absolute Gasteiger partial charge is 0.330 e. The number of thiophene rings is 1. The molecule has 2 aromatic heterocycles. The highest BCUT2D eigenvalue weighted by Gasteiger charge is 2.25. The van der Waals surface area contributed by atoms with E-state index in [-0.39, 0.29) is 0 Å². The van der Waals surface area contributed by atoms with Crippen LogP contribution in [0.25, 0.3) is 10.6 Å². The summed E-state index contributed by atoms with van der Waals surface area (Å²) in [4.78, 5) is 7.32. The number of rotatable bonds is 4. The molecule has 0 aliphatic carbocycles. The second kappa shape index (κ2) is 6.35. The molecule has 3 heterocycles. The second-order valence-electron chi connectivity index (χ2n) is 5.61. The summed E-state index contributed by atoms with van der Waals surface area (Å²) >= 11 is 3.47. The first-order valence-corrected chi connectivity index (χ1v) is 8.99. The zero-order valence-corrected chi connectivity index (χ0v) is 13.4. The van der Waals surface area contributed by atoms with Crippen molar-refractivity contribution in [3.05, 3.63) is 27.9 Å². The number of piperidine rings is 1. The summed E-state index contributed by atoms with van der Waals surface area (Å²) in [5, 5.41) is 7.61. The van der Waals surface area contributed by atoms with Crippen molar-refractivity contribution in [2.45, 2.75) is 32.4 Å². The van der Waals surface area contributed by atoms with Gasteiger partial charge in [-0.3, -0.25) is 4.90 Å². The molecule has 0 aromatic carbocycles. The van der Waals surface area contributed by atoms with E-state index in [1.165, 1.54) is 24.1 Å². The van der Waals surface area contributed by atoms with Gasteiger partial charge < -0.3 is 5.73 Å². The maximum Gasteiger partial charge on any atom is 0.124 e. The topological polar surface area (TPSA) is 42.1 Å². The predicted molar refractivity (Wildman–Crippen MR) is 87.1 cm³/mol. The number of hydrogen-bond acceptors (Lipinski definition) is 5. The normalized spacial score (nSPS) is 24.1. The third-order valence-corrected chi connectivity index (χ3v) is 5.75. The van der Waals surface area contributed by atoms with Crippen LogP contribution < -0.4 is 5.73 Å². The van der Waals surface area contributed by atoms with E-state index in [2.05, 4.69) is 34.0 Å². The summed E-state index contributed by atoms with van der Waals surface area (Å²) in [7, 11) is 0. The number of hydrogen-bond donors (Lipinski definition) is 1. The number of nitrogens with zero attached hydrogens (tertiary/aromatic N) is 2. The van der Waals surface area contributed by atoms with Gasteiger partial charge in [0.1, 0.15) is 5.01 Å². The van der Waals surface area contributed by atoms with Crippen molar-refractivity contribution in [1.82, 2.24) is 9.88 Å². The molecule has 5 heteroatoms. The van der Waals surface area contributed by atoms with Crippen molar-refractivity contribution in [3.8, 4) is 10.6 Å². The van der Waals surface area contributed by atoms with E-state index in [1.807, 2.05) is 0 Å². The number of aromatic nitrogens is 1. The fourth-order valence-corrected chi connectivity index (χ4v) is 4.30. The van der Waals surface area contributed by atoms with Gasteiger partial charge in [0, 0.05) is 35.5 Å². The Hall–Kier alpha value is -0.750. The lowest BCUT2D eigenvalue weighted by Crippen LogP contribution is -2.43. The molecule has 2 atom stereocenters. The molecule has 0 spiro atoms. The first kappa shape index (κ1) is 14.2. The minimum atomic E-state index is 0.643. The highest BCUT2D eigenvalue weighted by Crippen LogP contribution is 2.28. The van der Waals surface area contributed by atoms with Crippen molar-refractivity contribution in [2.24, 2.45) is 11.7 Å². The first-order valence-electron chi connectivity index (χ1n) is 7.17. The van der Waals surface area contributed by atoms with Crippen LogP contribution in [0.2, 0.25) is 0 Å². The van der Waals surface area contributed by atoms with E-state index < -0.39 is 0 Å². The molecule has 2 N–H and O–H groups in total. The Morgan fingerprint density at radius 3 is 3.05 bits per heavy atom. The summed E-state index contributed by atoms with van der Waals surface area (Å²) in [6.45, 7) is 5.20. The fourth-order valence-electron chi connectivity index (χ4n) is 2.78. The summed E-state index contributed by atoms with van der Waals surface area (Å²) in [5.74, 6) is 0.654. The average Bonchev–Trinajstić information content (AvgIpc) is 3.12. The molecule has 2 unspecified atom stereocenters. The van der Waals surface area contributed by atoms with Gasteiger partial charge in [-0.1, -0.05) is 0 Å². The monoisotopic (exact) mass is 307 g/mol. The lowest BCUT2D eigenvalue weighted by atomic mass is 9.93. The SMILES string of the molecule is CC1CCC(CN)CN1Cc1csc(-c2ccsc2)n1. The van der Waals surface area contributed by atoms with Crippen molar-refractivity contribution in [2.75, 3.05) is 13.1 Å². The number of thiazole rings is 1. The zero-order valence-electron chi connectivity index (χ0n) is 11.8. The van der Waals surface area contributed by atoms with Crippen LogP contribution in [0, 0.1) is 5.92 Å². The second-order valence-corrected chi connectivity index (χ2v) is 7.25. The summed E-state index contributed by atoms with van der Waals surface area (Å²) in [6.07, 6.45) is 2.52. The molecule has 0 bridgehead atoms. The smallest absolute Gasteiger partial charge is 0.124 e. The van der Waals surface area contributed by atoms with Gasteiger partial charge in [-0.15, -0.1) is 11.3 Å². The molecule has 0 saturated carbocycles. The van der Waals surface area contributed by atoms with E-state index in [1.54, 1.807) is 22.7 Å². The van der Waals surface area contributed by atoms with Gasteiger partial charge in [-0.25, -0.2) is 4.98 Å². The molecule has 20 heavy (non-hydrogen) atoms. The number of nitrogens with two attached hydrogens (primary N) is 1. The van der Waals surface area contributed by atoms with E-state index >= 15 is 0 Å². The molecular weight excluding hydrogens is 286 g/mol. The standard InChI is InChI=1S/C15H21N3S2/c1-11-2-3-12(6-16)7-18(11)8-14-10-20-15(17-14)13-4-5-19-9-13/h4-5,9-12H,2-3,6-8,16H2,1H3. The predicted octanol–water partition coefficient (Wildman–Crippen LogP) is 3.43. The van der Waals surface area contributed by atoms with Crippen molar-refractivity contribution < 1.29 is 0 Å². The summed E-state index contributed by atoms with van der Waals surface area (Å²) in [6, 6.07) is 2.78. The molecule has 1 fully saturated rings. The third-order valence-electron chi connectivity index (χ3n) is 4.13. The van der Waals surface area contributed by atoms with E-state index in [4.69, 9.17) is 10.7 Å². The van der Waals surface area contributed by atoms with Gasteiger partial charge in [0.05, 0.1) is 5.69 Å². The summed E-state index contributed by atoms with van der Waals surface area (Å²) < 4.78 is 0. The van der Waals surface area contributed by atoms with Crippen LogP contribution >= 0.6 is 22.7 Å². The van der Waals surface area contributed by atoms with Gasteiger partial charge >= 0.3 is 0 Å². The quantitative estimate of drug-likeness (QED) is 0.941.